The molecule has 0 radical (unpaired) electrons. The van der Waals surface area contributed by atoms with Crippen LogP contribution in [0.1, 0.15) is 24.8 Å². The van der Waals surface area contributed by atoms with Gasteiger partial charge >= 0.3 is 0 Å². The van der Waals surface area contributed by atoms with E-state index in [0.29, 0.717) is 11.7 Å². The molecule has 0 atom stereocenters. The zero-order chi connectivity index (χ0) is 20.3. The summed E-state index contributed by atoms with van der Waals surface area (Å²) in [5.41, 5.74) is 1.61. The summed E-state index contributed by atoms with van der Waals surface area (Å²) in [7, 11) is 1.42. The van der Waals surface area contributed by atoms with Crippen molar-refractivity contribution >= 4 is 44.5 Å². The average Bonchev–Trinajstić information content (AvgIpc) is 3.10. The van der Waals surface area contributed by atoms with Crippen molar-refractivity contribution in [3.63, 3.8) is 0 Å². The van der Waals surface area contributed by atoms with Gasteiger partial charge in [-0.15, -0.1) is 11.3 Å². The minimum Gasteiger partial charge on any atom is -0.496 e. The molecule has 0 saturated heterocycles. The first-order valence-electron chi connectivity index (χ1n) is 8.64. The summed E-state index contributed by atoms with van der Waals surface area (Å²) in [5, 5.41) is 17.9. The van der Waals surface area contributed by atoms with Crippen LogP contribution in [0, 0.1) is 10.1 Å². The van der Waals surface area contributed by atoms with E-state index in [0.717, 1.165) is 20.9 Å². The number of ether oxygens (including phenoxy) is 1. The summed E-state index contributed by atoms with van der Waals surface area (Å²) in [6, 6.07) is 9.99. The van der Waals surface area contributed by atoms with E-state index in [4.69, 9.17) is 4.74 Å². The van der Waals surface area contributed by atoms with Gasteiger partial charge in [0.15, 0.2) is 0 Å². The number of hydrogen-bond donors (Lipinski definition) is 2. The number of hydrogen-bond acceptors (Lipinski definition) is 7. The largest absolute Gasteiger partial charge is 0.496 e. The third-order valence-electron chi connectivity index (χ3n) is 4.03. The van der Waals surface area contributed by atoms with Crippen molar-refractivity contribution < 1.29 is 14.5 Å². The van der Waals surface area contributed by atoms with Crippen LogP contribution in [0.5, 0.6) is 5.75 Å². The fourth-order valence-electron chi connectivity index (χ4n) is 2.57. The van der Waals surface area contributed by atoms with Gasteiger partial charge in [-0.3, -0.25) is 14.9 Å². The van der Waals surface area contributed by atoms with Gasteiger partial charge in [0.2, 0.25) is 5.91 Å². The van der Waals surface area contributed by atoms with Crippen molar-refractivity contribution in [1.82, 2.24) is 4.98 Å². The number of carbonyl (C=O) groups is 1. The van der Waals surface area contributed by atoms with Crippen molar-refractivity contribution in [2.75, 3.05) is 24.3 Å². The third kappa shape index (κ3) is 4.37. The normalized spacial score (nSPS) is 10.9. The van der Waals surface area contributed by atoms with Crippen molar-refractivity contribution in [1.29, 1.82) is 0 Å². The van der Waals surface area contributed by atoms with Crippen LogP contribution in [0.15, 0.2) is 36.4 Å². The highest BCUT2D eigenvalue weighted by Crippen LogP contribution is 2.30. The lowest BCUT2D eigenvalue weighted by atomic mass is 10.2. The van der Waals surface area contributed by atoms with Gasteiger partial charge in [0.25, 0.3) is 5.69 Å². The zero-order valence-electron chi connectivity index (χ0n) is 15.7. The van der Waals surface area contributed by atoms with Crippen LogP contribution in [0.2, 0.25) is 0 Å². The number of methoxy groups -OCH3 is 1. The SMILES string of the molecule is COc1ccc(NC(=O)CNc2ccc3nc(C(C)C)sc3c2)c([N+](=O)[O-])c1. The Bertz CT molecular complexity index is 1030. The smallest absolute Gasteiger partial charge is 0.296 e. The predicted octanol–water partition coefficient (Wildman–Crippen LogP) is 4.39. The highest BCUT2D eigenvalue weighted by Gasteiger charge is 2.17. The fraction of sp³-hybridized carbons (Fsp3) is 0.263. The topological polar surface area (TPSA) is 106 Å². The van der Waals surface area contributed by atoms with Crippen molar-refractivity contribution in [3.8, 4) is 5.75 Å². The van der Waals surface area contributed by atoms with Crippen LogP contribution in [-0.4, -0.2) is 29.5 Å². The Labute approximate surface area is 165 Å². The molecular formula is C19H20N4O4S. The number of anilines is 2. The number of rotatable bonds is 7. The number of nitro groups is 1. The van der Waals surface area contributed by atoms with E-state index in [1.807, 2.05) is 18.2 Å². The van der Waals surface area contributed by atoms with E-state index in [9.17, 15) is 14.9 Å². The Morgan fingerprint density at radius 2 is 2.07 bits per heavy atom. The lowest BCUT2D eigenvalue weighted by Gasteiger charge is -2.09. The Hall–Kier alpha value is -3.20. The zero-order valence-corrected chi connectivity index (χ0v) is 16.5. The number of thiazole rings is 1. The molecule has 0 aliphatic rings. The van der Waals surface area contributed by atoms with Gasteiger partial charge in [0.05, 0.1) is 39.9 Å². The molecule has 28 heavy (non-hydrogen) atoms. The van der Waals surface area contributed by atoms with Gasteiger partial charge in [0, 0.05) is 11.6 Å². The molecule has 0 spiro atoms. The van der Waals surface area contributed by atoms with Gasteiger partial charge in [-0.1, -0.05) is 13.8 Å². The maximum absolute atomic E-state index is 12.2. The molecule has 9 heteroatoms. The molecule has 0 aliphatic carbocycles. The van der Waals surface area contributed by atoms with E-state index >= 15 is 0 Å². The molecule has 2 aromatic carbocycles. The van der Waals surface area contributed by atoms with Crippen LogP contribution >= 0.6 is 11.3 Å². The van der Waals surface area contributed by atoms with Gasteiger partial charge in [0.1, 0.15) is 11.4 Å². The minimum absolute atomic E-state index is 0.0233. The molecule has 0 aliphatic heterocycles. The van der Waals surface area contributed by atoms with Crippen molar-refractivity contribution in [3.05, 3.63) is 51.5 Å². The summed E-state index contributed by atoms with van der Waals surface area (Å²) < 4.78 is 6.03. The van der Waals surface area contributed by atoms with E-state index < -0.39 is 4.92 Å². The fourth-order valence-corrected chi connectivity index (χ4v) is 3.58. The lowest BCUT2D eigenvalue weighted by Crippen LogP contribution is -2.22. The highest BCUT2D eigenvalue weighted by molar-refractivity contribution is 7.18. The summed E-state index contributed by atoms with van der Waals surface area (Å²) in [6.07, 6.45) is 0. The molecule has 146 valence electrons. The number of benzene rings is 2. The summed E-state index contributed by atoms with van der Waals surface area (Å²) in [4.78, 5) is 27.5. The van der Waals surface area contributed by atoms with Gasteiger partial charge in [-0.05, 0) is 30.3 Å². The highest BCUT2D eigenvalue weighted by atomic mass is 32.1. The molecule has 1 aromatic heterocycles. The lowest BCUT2D eigenvalue weighted by molar-refractivity contribution is -0.384. The average molecular weight is 400 g/mol. The number of nitro benzene ring substituents is 1. The first kappa shape index (κ1) is 19.6. The van der Waals surface area contributed by atoms with Crippen LogP contribution in [0.3, 0.4) is 0 Å². The Morgan fingerprint density at radius 1 is 1.29 bits per heavy atom. The predicted molar refractivity (Wildman–Crippen MR) is 110 cm³/mol. The maximum atomic E-state index is 12.2. The van der Waals surface area contributed by atoms with E-state index in [-0.39, 0.29) is 23.8 Å². The molecular weight excluding hydrogens is 380 g/mol. The molecule has 8 nitrogen and oxygen atoms in total. The van der Waals surface area contributed by atoms with E-state index in [1.54, 1.807) is 17.4 Å². The number of nitrogens with zero attached hydrogens (tertiary/aromatic N) is 2. The number of nitrogens with one attached hydrogen (secondary N) is 2. The Balaban J connectivity index is 1.67. The Kier molecular flexibility index (Phi) is 5.74. The maximum Gasteiger partial charge on any atom is 0.296 e. The molecule has 0 saturated carbocycles. The third-order valence-corrected chi connectivity index (χ3v) is 5.35. The second kappa shape index (κ2) is 8.22. The van der Waals surface area contributed by atoms with Gasteiger partial charge < -0.3 is 15.4 Å². The van der Waals surface area contributed by atoms with Crippen LogP contribution in [0.4, 0.5) is 17.1 Å². The Morgan fingerprint density at radius 3 is 2.75 bits per heavy atom. The van der Waals surface area contributed by atoms with Gasteiger partial charge in [-0.25, -0.2) is 4.98 Å². The van der Waals surface area contributed by atoms with Crippen LogP contribution in [-0.2, 0) is 4.79 Å². The second-order valence-corrected chi connectivity index (χ2v) is 7.49. The summed E-state index contributed by atoms with van der Waals surface area (Å²) in [5.74, 6) is 0.321. The quantitative estimate of drug-likeness (QED) is 0.450. The summed E-state index contributed by atoms with van der Waals surface area (Å²) in [6.45, 7) is 4.17. The van der Waals surface area contributed by atoms with Gasteiger partial charge in [-0.2, -0.15) is 0 Å². The molecule has 2 N–H and O–H groups in total. The molecule has 0 fully saturated rings. The summed E-state index contributed by atoms with van der Waals surface area (Å²) >= 11 is 1.63. The monoisotopic (exact) mass is 400 g/mol. The molecule has 0 unspecified atom stereocenters. The molecule has 3 rings (SSSR count). The number of carbonyl (C=O) groups excluding carboxylic acids is 1. The minimum atomic E-state index is -0.560. The number of amides is 1. The molecule has 3 aromatic rings. The standard InChI is InChI=1S/C19H20N4O4S/c1-11(2)19-22-15-6-4-12(8-17(15)28-19)20-10-18(24)21-14-7-5-13(27-3)9-16(14)23(25)26/h4-9,11,20H,10H2,1-3H3,(H,21,24). The number of aromatic nitrogens is 1. The first-order valence-corrected chi connectivity index (χ1v) is 9.45. The van der Waals surface area contributed by atoms with Crippen LogP contribution < -0.4 is 15.4 Å². The first-order chi connectivity index (χ1) is 13.4. The second-order valence-electron chi connectivity index (χ2n) is 6.43. The molecule has 1 amide bonds. The number of fused-ring (bicyclic) bond motifs is 1. The molecule has 1 heterocycles. The van der Waals surface area contributed by atoms with Crippen molar-refractivity contribution in [2.45, 2.75) is 19.8 Å². The van der Waals surface area contributed by atoms with E-state index in [2.05, 4.69) is 29.5 Å². The van der Waals surface area contributed by atoms with Crippen molar-refractivity contribution in [2.24, 2.45) is 0 Å². The van der Waals surface area contributed by atoms with E-state index in [1.165, 1.54) is 19.2 Å². The van der Waals surface area contributed by atoms with Crippen LogP contribution in [0.25, 0.3) is 10.2 Å². The molecule has 0 bridgehead atoms.